The number of benzene rings is 2. The molecule has 31 heavy (non-hydrogen) atoms. The van der Waals surface area contributed by atoms with Gasteiger partial charge in [0.05, 0.1) is 12.2 Å². The van der Waals surface area contributed by atoms with Gasteiger partial charge in [-0.05, 0) is 43.8 Å². The first-order chi connectivity index (χ1) is 14.6. The first kappa shape index (κ1) is 24.9. The van der Waals surface area contributed by atoms with E-state index in [1.165, 1.54) is 16.7 Å². The number of nitrogens with zero attached hydrogens (tertiary/aromatic N) is 3. The molecule has 0 saturated carbocycles. The summed E-state index contributed by atoms with van der Waals surface area (Å²) in [6.07, 6.45) is 1.68. The molecule has 166 valence electrons. The van der Waals surface area contributed by atoms with Crippen molar-refractivity contribution in [3.63, 3.8) is 0 Å². The van der Waals surface area contributed by atoms with Crippen LogP contribution in [0.15, 0.2) is 64.2 Å². The van der Waals surface area contributed by atoms with Crippen molar-refractivity contribution in [2.24, 2.45) is 4.99 Å². The van der Waals surface area contributed by atoms with E-state index in [1.807, 2.05) is 12.1 Å². The quantitative estimate of drug-likeness (QED) is 0.252. The van der Waals surface area contributed by atoms with E-state index in [1.54, 1.807) is 13.3 Å². The maximum absolute atomic E-state index is 5.62. The number of guanidine groups is 1. The summed E-state index contributed by atoms with van der Waals surface area (Å²) in [6, 6.07) is 16.8. The molecule has 0 unspecified atom stereocenters. The zero-order valence-corrected chi connectivity index (χ0v) is 21.0. The Morgan fingerprint density at radius 1 is 1.06 bits per heavy atom. The van der Waals surface area contributed by atoms with Gasteiger partial charge in [0.15, 0.2) is 5.96 Å². The molecule has 1 aromatic heterocycles. The third kappa shape index (κ3) is 7.66. The van der Waals surface area contributed by atoms with Crippen molar-refractivity contribution >= 4 is 29.9 Å². The average molecular weight is 533 g/mol. The van der Waals surface area contributed by atoms with Crippen LogP contribution in [-0.4, -0.2) is 36.5 Å². The van der Waals surface area contributed by atoms with Gasteiger partial charge in [0.25, 0.3) is 0 Å². The van der Waals surface area contributed by atoms with Crippen LogP contribution >= 0.6 is 24.0 Å². The van der Waals surface area contributed by atoms with Gasteiger partial charge in [-0.2, -0.15) is 0 Å². The van der Waals surface area contributed by atoms with Crippen LogP contribution in [0.5, 0.6) is 0 Å². The van der Waals surface area contributed by atoms with E-state index in [9.17, 15) is 0 Å². The predicted octanol–water partition coefficient (Wildman–Crippen LogP) is 4.58. The Hall–Kier alpha value is -2.39. The third-order valence-electron chi connectivity index (χ3n) is 4.95. The highest BCUT2D eigenvalue weighted by atomic mass is 127. The molecule has 0 saturated heterocycles. The standard InChI is InChI=1S/C24H31N5O.HI/c1-5-29(4)16-20-8-6-7-19(13-20)14-26-24(25-3)27-15-22-17-30-23(28-22)21-11-9-18(2)10-12-21;/h6-13,17H,5,14-16H2,1-4H3,(H2,25,26,27);1H. The molecule has 1 heterocycles. The lowest BCUT2D eigenvalue weighted by Crippen LogP contribution is -2.36. The SMILES string of the molecule is CCN(C)Cc1cccc(CNC(=NC)NCc2coc(-c3ccc(C)cc3)n2)c1.I. The van der Waals surface area contributed by atoms with Crippen molar-refractivity contribution in [2.75, 3.05) is 20.6 Å². The smallest absolute Gasteiger partial charge is 0.226 e. The summed E-state index contributed by atoms with van der Waals surface area (Å²) >= 11 is 0. The number of aliphatic imine (C=N–C) groups is 1. The summed E-state index contributed by atoms with van der Waals surface area (Å²) in [6.45, 7) is 7.46. The molecule has 0 atom stereocenters. The molecule has 0 bridgehead atoms. The van der Waals surface area contributed by atoms with Gasteiger partial charge in [0.1, 0.15) is 6.26 Å². The minimum atomic E-state index is 0. The number of aryl methyl sites for hydroxylation is 1. The largest absolute Gasteiger partial charge is 0.444 e. The van der Waals surface area contributed by atoms with Gasteiger partial charge in [0, 0.05) is 25.7 Å². The maximum atomic E-state index is 5.62. The van der Waals surface area contributed by atoms with E-state index in [2.05, 4.69) is 82.8 Å². The first-order valence-electron chi connectivity index (χ1n) is 10.3. The average Bonchev–Trinajstić information content (AvgIpc) is 3.23. The number of halogens is 1. The molecule has 2 aromatic carbocycles. The normalized spacial score (nSPS) is 11.3. The summed E-state index contributed by atoms with van der Waals surface area (Å²) in [4.78, 5) is 11.2. The zero-order valence-electron chi connectivity index (χ0n) is 18.7. The van der Waals surface area contributed by atoms with Gasteiger partial charge in [-0.3, -0.25) is 4.99 Å². The van der Waals surface area contributed by atoms with Crippen molar-refractivity contribution in [3.8, 4) is 11.5 Å². The Balaban J connectivity index is 0.00000341. The molecule has 0 fully saturated rings. The van der Waals surface area contributed by atoms with Gasteiger partial charge in [-0.25, -0.2) is 4.98 Å². The highest BCUT2D eigenvalue weighted by Gasteiger charge is 2.08. The van der Waals surface area contributed by atoms with E-state index in [0.29, 0.717) is 19.0 Å². The fourth-order valence-electron chi connectivity index (χ4n) is 3.06. The lowest BCUT2D eigenvalue weighted by molar-refractivity contribution is 0.345. The Kier molecular flexibility index (Phi) is 10.00. The zero-order chi connectivity index (χ0) is 21.3. The van der Waals surface area contributed by atoms with Crippen LogP contribution in [0.3, 0.4) is 0 Å². The second kappa shape index (κ2) is 12.5. The van der Waals surface area contributed by atoms with Crippen molar-refractivity contribution in [1.29, 1.82) is 0 Å². The van der Waals surface area contributed by atoms with E-state index in [-0.39, 0.29) is 24.0 Å². The van der Waals surface area contributed by atoms with E-state index < -0.39 is 0 Å². The fourth-order valence-corrected chi connectivity index (χ4v) is 3.06. The molecule has 2 N–H and O–H groups in total. The third-order valence-corrected chi connectivity index (χ3v) is 4.95. The minimum Gasteiger partial charge on any atom is -0.444 e. The number of nitrogens with one attached hydrogen (secondary N) is 2. The number of rotatable bonds is 8. The Morgan fingerprint density at radius 2 is 1.77 bits per heavy atom. The molecular formula is C24H32IN5O. The molecule has 7 heteroatoms. The van der Waals surface area contributed by atoms with Crippen LogP contribution in [0.25, 0.3) is 11.5 Å². The van der Waals surface area contributed by atoms with E-state index in [4.69, 9.17) is 4.42 Å². The van der Waals surface area contributed by atoms with Gasteiger partial charge >= 0.3 is 0 Å². The van der Waals surface area contributed by atoms with Crippen LogP contribution in [0.1, 0.15) is 29.3 Å². The van der Waals surface area contributed by atoms with Crippen LogP contribution in [0.4, 0.5) is 0 Å². The van der Waals surface area contributed by atoms with Gasteiger partial charge in [-0.15, -0.1) is 24.0 Å². The Morgan fingerprint density at radius 3 is 2.48 bits per heavy atom. The molecule has 3 rings (SSSR count). The number of oxazole rings is 1. The van der Waals surface area contributed by atoms with Crippen LogP contribution < -0.4 is 10.6 Å². The predicted molar refractivity (Wildman–Crippen MR) is 138 cm³/mol. The van der Waals surface area contributed by atoms with E-state index in [0.717, 1.165) is 30.3 Å². The highest BCUT2D eigenvalue weighted by molar-refractivity contribution is 14.0. The maximum Gasteiger partial charge on any atom is 0.226 e. The molecule has 0 spiro atoms. The van der Waals surface area contributed by atoms with Gasteiger partial charge < -0.3 is 20.0 Å². The molecule has 3 aromatic rings. The van der Waals surface area contributed by atoms with Gasteiger partial charge in [-0.1, -0.05) is 48.9 Å². The summed E-state index contributed by atoms with van der Waals surface area (Å²) in [5, 5.41) is 6.66. The highest BCUT2D eigenvalue weighted by Crippen LogP contribution is 2.19. The van der Waals surface area contributed by atoms with E-state index >= 15 is 0 Å². The summed E-state index contributed by atoms with van der Waals surface area (Å²) in [7, 11) is 3.90. The molecule has 0 aliphatic carbocycles. The fraction of sp³-hybridized carbons (Fsp3) is 0.333. The Bertz CT molecular complexity index is 968. The van der Waals surface area contributed by atoms with Crippen molar-refractivity contribution in [1.82, 2.24) is 20.5 Å². The summed E-state index contributed by atoms with van der Waals surface area (Å²) < 4.78 is 5.62. The van der Waals surface area contributed by atoms with Crippen molar-refractivity contribution < 1.29 is 4.42 Å². The minimum absolute atomic E-state index is 0. The molecule has 6 nitrogen and oxygen atoms in total. The monoisotopic (exact) mass is 533 g/mol. The molecule has 0 radical (unpaired) electrons. The number of aromatic nitrogens is 1. The molecule has 0 aliphatic rings. The van der Waals surface area contributed by atoms with Crippen LogP contribution in [0, 0.1) is 6.92 Å². The second-order valence-corrected chi connectivity index (χ2v) is 7.44. The van der Waals surface area contributed by atoms with Crippen LogP contribution in [0.2, 0.25) is 0 Å². The van der Waals surface area contributed by atoms with Crippen LogP contribution in [-0.2, 0) is 19.6 Å². The Labute approximate surface area is 202 Å². The summed E-state index contributed by atoms with van der Waals surface area (Å²) in [5.41, 5.74) is 5.56. The number of hydrogen-bond acceptors (Lipinski definition) is 4. The first-order valence-corrected chi connectivity index (χ1v) is 10.3. The van der Waals surface area contributed by atoms with Gasteiger partial charge in [0.2, 0.25) is 5.89 Å². The number of hydrogen-bond donors (Lipinski definition) is 2. The topological polar surface area (TPSA) is 65.7 Å². The molecule has 0 amide bonds. The van der Waals surface area contributed by atoms with Crippen molar-refractivity contribution in [3.05, 3.63) is 77.2 Å². The molecule has 0 aliphatic heterocycles. The lowest BCUT2D eigenvalue weighted by Gasteiger charge is -2.15. The summed E-state index contributed by atoms with van der Waals surface area (Å²) in [5.74, 6) is 1.36. The second-order valence-electron chi connectivity index (χ2n) is 7.44. The van der Waals surface area contributed by atoms with Crippen molar-refractivity contribution in [2.45, 2.75) is 33.5 Å². The molecular weight excluding hydrogens is 501 g/mol. The lowest BCUT2D eigenvalue weighted by atomic mass is 10.1.